The number of aliphatic carboxylic acids is 1. The molecule has 1 amide bonds. The van der Waals surface area contributed by atoms with E-state index in [-0.39, 0.29) is 11.8 Å². The number of nitrogens with zero attached hydrogens (tertiary/aromatic N) is 1. The Morgan fingerprint density at radius 3 is 2.53 bits per heavy atom. The highest BCUT2D eigenvalue weighted by Crippen LogP contribution is 2.15. The number of rotatable bonds is 5. The number of H-pyrrole nitrogens is 1. The second kappa shape index (κ2) is 5.52. The Hall–Kier alpha value is -1.78. The number of aromatic amines is 1. The molecule has 2 N–H and O–H groups in total. The van der Waals surface area contributed by atoms with E-state index in [9.17, 15) is 9.59 Å². The van der Waals surface area contributed by atoms with Crippen LogP contribution in [0.2, 0.25) is 0 Å². The number of carboxylic acid groups (broad SMARTS) is 1. The molecule has 0 radical (unpaired) electrons. The lowest BCUT2D eigenvalue weighted by Crippen LogP contribution is -2.39. The SMILES string of the molecule is CC(C)C(C(=O)O)C(=O)N(C)Cc1cc[nH]c1. The largest absolute Gasteiger partial charge is 0.481 e. The topological polar surface area (TPSA) is 73.4 Å². The van der Waals surface area contributed by atoms with Crippen LogP contribution in [-0.2, 0) is 16.1 Å². The van der Waals surface area contributed by atoms with Gasteiger partial charge in [0.2, 0.25) is 5.91 Å². The second-order valence-corrected chi connectivity index (χ2v) is 4.47. The fourth-order valence-electron chi connectivity index (χ4n) is 1.72. The summed E-state index contributed by atoms with van der Waals surface area (Å²) in [6, 6.07) is 1.86. The summed E-state index contributed by atoms with van der Waals surface area (Å²) in [5.41, 5.74) is 0.953. The molecule has 94 valence electrons. The number of amides is 1. The molecule has 1 unspecified atom stereocenters. The molecule has 0 aliphatic heterocycles. The number of carboxylic acids is 1. The molecule has 5 heteroatoms. The van der Waals surface area contributed by atoms with E-state index >= 15 is 0 Å². The Morgan fingerprint density at radius 1 is 1.47 bits per heavy atom. The van der Waals surface area contributed by atoms with Crippen LogP contribution in [0.1, 0.15) is 19.4 Å². The fraction of sp³-hybridized carbons (Fsp3) is 0.500. The number of carbonyl (C=O) groups is 2. The first kappa shape index (κ1) is 13.3. The Balaban J connectivity index is 2.70. The third-order valence-electron chi connectivity index (χ3n) is 2.66. The van der Waals surface area contributed by atoms with Crippen molar-refractivity contribution >= 4 is 11.9 Å². The summed E-state index contributed by atoms with van der Waals surface area (Å²) >= 11 is 0. The lowest BCUT2D eigenvalue weighted by atomic mass is 9.94. The minimum Gasteiger partial charge on any atom is -0.481 e. The number of nitrogens with one attached hydrogen (secondary N) is 1. The number of hydrogen-bond donors (Lipinski definition) is 2. The summed E-state index contributed by atoms with van der Waals surface area (Å²) in [4.78, 5) is 27.4. The van der Waals surface area contributed by atoms with Gasteiger partial charge in [0.1, 0.15) is 5.92 Å². The van der Waals surface area contributed by atoms with Crippen LogP contribution in [0.3, 0.4) is 0 Å². The molecule has 0 saturated heterocycles. The maximum atomic E-state index is 12.0. The molecule has 0 bridgehead atoms. The predicted molar refractivity (Wildman–Crippen MR) is 63.2 cm³/mol. The van der Waals surface area contributed by atoms with Crippen LogP contribution in [0.25, 0.3) is 0 Å². The van der Waals surface area contributed by atoms with E-state index in [0.29, 0.717) is 6.54 Å². The van der Waals surface area contributed by atoms with Crippen LogP contribution in [0, 0.1) is 11.8 Å². The van der Waals surface area contributed by atoms with Gasteiger partial charge in [-0.2, -0.15) is 0 Å². The molecule has 0 aliphatic rings. The van der Waals surface area contributed by atoms with Gasteiger partial charge in [0.15, 0.2) is 0 Å². The highest BCUT2D eigenvalue weighted by Gasteiger charge is 2.31. The summed E-state index contributed by atoms with van der Waals surface area (Å²) in [6.45, 7) is 3.89. The molecule has 1 atom stereocenters. The van der Waals surface area contributed by atoms with Crippen molar-refractivity contribution in [2.45, 2.75) is 20.4 Å². The van der Waals surface area contributed by atoms with E-state index in [4.69, 9.17) is 5.11 Å². The van der Waals surface area contributed by atoms with Crippen molar-refractivity contribution in [3.63, 3.8) is 0 Å². The Morgan fingerprint density at radius 2 is 2.12 bits per heavy atom. The average Bonchev–Trinajstić information content (AvgIpc) is 2.68. The summed E-state index contributed by atoms with van der Waals surface area (Å²) < 4.78 is 0. The Kier molecular flexibility index (Phi) is 4.31. The van der Waals surface area contributed by atoms with E-state index in [1.807, 2.05) is 6.07 Å². The van der Waals surface area contributed by atoms with Gasteiger partial charge < -0.3 is 15.0 Å². The first-order valence-corrected chi connectivity index (χ1v) is 5.53. The summed E-state index contributed by atoms with van der Waals surface area (Å²) in [7, 11) is 1.62. The normalized spacial score (nSPS) is 12.5. The zero-order chi connectivity index (χ0) is 13.0. The Bertz CT molecular complexity index is 384. The van der Waals surface area contributed by atoms with Gasteiger partial charge in [0, 0.05) is 26.0 Å². The van der Waals surface area contributed by atoms with Gasteiger partial charge in [0.25, 0.3) is 0 Å². The summed E-state index contributed by atoms with van der Waals surface area (Å²) in [5, 5.41) is 9.04. The van der Waals surface area contributed by atoms with Crippen molar-refractivity contribution in [1.82, 2.24) is 9.88 Å². The minimum atomic E-state index is -1.06. The molecule has 17 heavy (non-hydrogen) atoms. The van der Waals surface area contributed by atoms with Gasteiger partial charge in [-0.05, 0) is 17.5 Å². The van der Waals surface area contributed by atoms with E-state index < -0.39 is 11.9 Å². The van der Waals surface area contributed by atoms with Crippen molar-refractivity contribution in [2.75, 3.05) is 7.05 Å². The number of aromatic nitrogens is 1. The van der Waals surface area contributed by atoms with Gasteiger partial charge in [-0.15, -0.1) is 0 Å². The van der Waals surface area contributed by atoms with Gasteiger partial charge in [-0.1, -0.05) is 13.8 Å². The zero-order valence-corrected chi connectivity index (χ0v) is 10.3. The third kappa shape index (κ3) is 3.34. The Labute approximate surface area is 100 Å². The van der Waals surface area contributed by atoms with E-state index in [2.05, 4.69) is 4.98 Å². The second-order valence-electron chi connectivity index (χ2n) is 4.47. The van der Waals surface area contributed by atoms with Crippen molar-refractivity contribution in [3.8, 4) is 0 Å². The molecule has 1 rings (SSSR count). The maximum absolute atomic E-state index is 12.0. The lowest BCUT2D eigenvalue weighted by Gasteiger charge is -2.23. The highest BCUT2D eigenvalue weighted by molar-refractivity contribution is 5.97. The number of hydrogen-bond acceptors (Lipinski definition) is 2. The first-order valence-electron chi connectivity index (χ1n) is 5.53. The van der Waals surface area contributed by atoms with Crippen LogP contribution in [-0.4, -0.2) is 33.9 Å². The molecular formula is C12H18N2O3. The first-order chi connectivity index (χ1) is 7.93. The number of carbonyl (C=O) groups excluding carboxylic acids is 1. The highest BCUT2D eigenvalue weighted by atomic mass is 16.4. The van der Waals surface area contributed by atoms with E-state index in [1.165, 1.54) is 4.90 Å². The van der Waals surface area contributed by atoms with Crippen molar-refractivity contribution in [3.05, 3.63) is 24.0 Å². The zero-order valence-electron chi connectivity index (χ0n) is 10.3. The monoisotopic (exact) mass is 238 g/mol. The molecule has 0 aromatic carbocycles. The average molecular weight is 238 g/mol. The van der Waals surface area contributed by atoms with Crippen molar-refractivity contribution in [1.29, 1.82) is 0 Å². The van der Waals surface area contributed by atoms with Gasteiger partial charge in [0.05, 0.1) is 0 Å². The molecule has 0 aliphatic carbocycles. The standard InChI is InChI=1S/C12H18N2O3/c1-8(2)10(12(16)17)11(15)14(3)7-9-4-5-13-6-9/h4-6,8,10,13H,7H2,1-3H3,(H,16,17). The van der Waals surface area contributed by atoms with Crippen LogP contribution >= 0.6 is 0 Å². The van der Waals surface area contributed by atoms with Crippen LogP contribution in [0.15, 0.2) is 18.5 Å². The van der Waals surface area contributed by atoms with Crippen LogP contribution < -0.4 is 0 Å². The maximum Gasteiger partial charge on any atom is 0.316 e. The molecule has 0 fully saturated rings. The summed E-state index contributed by atoms with van der Waals surface area (Å²) in [6.07, 6.45) is 3.56. The molecule has 0 spiro atoms. The van der Waals surface area contributed by atoms with E-state index in [0.717, 1.165) is 5.56 Å². The predicted octanol–water partition coefficient (Wildman–Crippen LogP) is 1.33. The summed E-state index contributed by atoms with van der Waals surface area (Å²) in [5.74, 6) is -2.60. The van der Waals surface area contributed by atoms with Crippen molar-refractivity contribution in [2.24, 2.45) is 11.8 Å². The molecular weight excluding hydrogens is 220 g/mol. The van der Waals surface area contributed by atoms with Gasteiger partial charge in [-0.25, -0.2) is 0 Å². The van der Waals surface area contributed by atoms with E-state index in [1.54, 1.807) is 33.3 Å². The lowest BCUT2D eigenvalue weighted by molar-refractivity contribution is -0.152. The molecule has 1 heterocycles. The molecule has 5 nitrogen and oxygen atoms in total. The van der Waals surface area contributed by atoms with Crippen LogP contribution in [0.4, 0.5) is 0 Å². The van der Waals surface area contributed by atoms with Crippen molar-refractivity contribution < 1.29 is 14.7 Å². The van der Waals surface area contributed by atoms with Gasteiger partial charge >= 0.3 is 5.97 Å². The van der Waals surface area contributed by atoms with Crippen LogP contribution in [0.5, 0.6) is 0 Å². The minimum absolute atomic E-state index is 0.214. The smallest absolute Gasteiger partial charge is 0.316 e. The molecule has 1 aromatic heterocycles. The fourth-order valence-corrected chi connectivity index (χ4v) is 1.72. The van der Waals surface area contributed by atoms with Gasteiger partial charge in [-0.3, -0.25) is 9.59 Å². The quantitative estimate of drug-likeness (QED) is 0.760. The molecule has 1 aromatic rings. The third-order valence-corrected chi connectivity index (χ3v) is 2.66. The molecule has 0 saturated carbocycles.